The second kappa shape index (κ2) is 6.77. The molecule has 0 spiro atoms. The maximum Gasteiger partial charge on any atom is 0.326 e. The van der Waals surface area contributed by atoms with E-state index in [0.29, 0.717) is 6.54 Å². The highest BCUT2D eigenvalue weighted by atomic mass is 16.4. The molecule has 7 heteroatoms. The molecule has 0 saturated carbocycles. The number of nitrogens with two attached hydrogens (primary N) is 1. The van der Waals surface area contributed by atoms with E-state index in [0.717, 1.165) is 0 Å². The quantitative estimate of drug-likeness (QED) is 0.394. The molecule has 2 amide bonds. The van der Waals surface area contributed by atoms with Crippen LogP contribution in [0.25, 0.3) is 0 Å². The van der Waals surface area contributed by atoms with E-state index < -0.39 is 30.2 Å². The number of amides is 2. The van der Waals surface area contributed by atoms with Gasteiger partial charge in [0.25, 0.3) is 0 Å². The Kier molecular flexibility index (Phi) is 6.03. The molecule has 0 rings (SSSR count). The maximum atomic E-state index is 11.1. The van der Waals surface area contributed by atoms with Gasteiger partial charge in [-0.15, -0.1) is 0 Å². The monoisotopic (exact) mass is 217 g/mol. The fourth-order valence-corrected chi connectivity index (χ4v) is 0.885. The Hall–Kier alpha value is -1.63. The minimum absolute atomic E-state index is 0.0129. The van der Waals surface area contributed by atoms with Gasteiger partial charge >= 0.3 is 5.97 Å². The predicted octanol–water partition coefficient (Wildman–Crippen LogP) is -1.96. The summed E-state index contributed by atoms with van der Waals surface area (Å²) in [5.41, 5.74) is 4.84. The summed E-state index contributed by atoms with van der Waals surface area (Å²) in [6.07, 6.45) is -0.410. The van der Waals surface area contributed by atoms with Crippen molar-refractivity contribution >= 4 is 17.8 Å². The molecule has 0 radical (unpaired) electrons. The van der Waals surface area contributed by atoms with Gasteiger partial charge in [-0.3, -0.25) is 9.59 Å². The maximum absolute atomic E-state index is 11.1. The van der Waals surface area contributed by atoms with Crippen molar-refractivity contribution in [3.05, 3.63) is 0 Å². The number of primary amides is 1. The summed E-state index contributed by atoms with van der Waals surface area (Å²) in [6.45, 7) is 2.42. The summed E-state index contributed by atoms with van der Waals surface area (Å²) < 4.78 is 0. The van der Waals surface area contributed by atoms with Crippen LogP contribution in [0.5, 0.6) is 0 Å². The standard InChI is InChI=1S/C8H15N3O4/c1-2-10-4-7(13)11-5(8(14)15)3-6(9)12/h5,10H,2-4H2,1H3,(H2,9,12)(H,11,13)(H,14,15). The van der Waals surface area contributed by atoms with E-state index in [4.69, 9.17) is 10.8 Å². The molecule has 0 heterocycles. The van der Waals surface area contributed by atoms with Gasteiger partial charge < -0.3 is 21.5 Å². The van der Waals surface area contributed by atoms with Gasteiger partial charge in [-0.1, -0.05) is 6.92 Å². The number of hydrogen-bond donors (Lipinski definition) is 4. The zero-order chi connectivity index (χ0) is 11.8. The molecular weight excluding hydrogens is 202 g/mol. The van der Waals surface area contributed by atoms with Crippen LogP contribution in [0.4, 0.5) is 0 Å². The number of carboxylic acids is 1. The molecule has 0 saturated heterocycles. The molecule has 0 aromatic rings. The molecule has 7 nitrogen and oxygen atoms in total. The molecule has 15 heavy (non-hydrogen) atoms. The first-order valence-corrected chi connectivity index (χ1v) is 4.48. The number of carbonyl (C=O) groups excluding carboxylic acids is 2. The van der Waals surface area contributed by atoms with Crippen molar-refractivity contribution in [3.63, 3.8) is 0 Å². The van der Waals surface area contributed by atoms with E-state index in [1.54, 1.807) is 0 Å². The van der Waals surface area contributed by atoms with E-state index in [9.17, 15) is 14.4 Å². The van der Waals surface area contributed by atoms with Gasteiger partial charge in [-0.2, -0.15) is 0 Å². The van der Waals surface area contributed by atoms with Crippen molar-refractivity contribution in [2.75, 3.05) is 13.1 Å². The molecule has 86 valence electrons. The highest BCUT2D eigenvalue weighted by Crippen LogP contribution is 1.91. The van der Waals surface area contributed by atoms with Crippen LogP contribution in [-0.4, -0.2) is 42.0 Å². The topological polar surface area (TPSA) is 122 Å². The van der Waals surface area contributed by atoms with Gasteiger partial charge in [0.1, 0.15) is 6.04 Å². The summed E-state index contributed by atoms with van der Waals surface area (Å²) in [4.78, 5) is 32.2. The minimum Gasteiger partial charge on any atom is -0.480 e. The van der Waals surface area contributed by atoms with Gasteiger partial charge in [-0.05, 0) is 6.54 Å². The summed E-state index contributed by atoms with van der Waals surface area (Å²) in [7, 11) is 0. The summed E-state index contributed by atoms with van der Waals surface area (Å²) in [5.74, 6) is -2.53. The van der Waals surface area contributed by atoms with E-state index in [2.05, 4.69) is 10.6 Å². The molecule has 1 unspecified atom stereocenters. The summed E-state index contributed by atoms with van der Waals surface area (Å²) >= 11 is 0. The Morgan fingerprint density at radius 2 is 2.00 bits per heavy atom. The third-order valence-electron chi connectivity index (χ3n) is 1.57. The van der Waals surface area contributed by atoms with Crippen molar-refractivity contribution in [3.8, 4) is 0 Å². The highest BCUT2D eigenvalue weighted by Gasteiger charge is 2.21. The van der Waals surface area contributed by atoms with Crippen LogP contribution < -0.4 is 16.4 Å². The minimum atomic E-state index is -1.28. The van der Waals surface area contributed by atoms with Crippen LogP contribution in [0, 0.1) is 0 Å². The fourth-order valence-electron chi connectivity index (χ4n) is 0.885. The zero-order valence-electron chi connectivity index (χ0n) is 8.45. The molecule has 0 aromatic carbocycles. The smallest absolute Gasteiger partial charge is 0.326 e. The average Bonchev–Trinajstić information content (AvgIpc) is 2.12. The van der Waals surface area contributed by atoms with Gasteiger partial charge in [0, 0.05) is 0 Å². The normalized spacial score (nSPS) is 11.8. The van der Waals surface area contributed by atoms with Crippen molar-refractivity contribution in [2.45, 2.75) is 19.4 Å². The lowest BCUT2D eigenvalue weighted by atomic mass is 10.2. The molecular formula is C8H15N3O4. The van der Waals surface area contributed by atoms with Gasteiger partial charge in [0.15, 0.2) is 0 Å². The molecule has 5 N–H and O–H groups in total. The molecule has 0 aliphatic carbocycles. The van der Waals surface area contributed by atoms with Gasteiger partial charge in [0.05, 0.1) is 13.0 Å². The number of nitrogens with one attached hydrogen (secondary N) is 2. The molecule has 0 bridgehead atoms. The van der Waals surface area contributed by atoms with E-state index in [1.165, 1.54) is 0 Å². The lowest BCUT2D eigenvalue weighted by molar-refractivity contribution is -0.143. The van der Waals surface area contributed by atoms with E-state index in [-0.39, 0.29) is 6.54 Å². The van der Waals surface area contributed by atoms with E-state index in [1.807, 2.05) is 6.92 Å². The summed E-state index contributed by atoms with van der Waals surface area (Å²) in [6, 6.07) is -1.26. The highest BCUT2D eigenvalue weighted by molar-refractivity contribution is 5.88. The number of aliphatic carboxylic acids is 1. The van der Waals surface area contributed by atoms with Gasteiger partial charge in [0.2, 0.25) is 11.8 Å². The number of carbonyl (C=O) groups is 3. The lowest BCUT2D eigenvalue weighted by Crippen LogP contribution is -2.46. The largest absolute Gasteiger partial charge is 0.480 e. The fraction of sp³-hybridized carbons (Fsp3) is 0.625. The van der Waals surface area contributed by atoms with E-state index >= 15 is 0 Å². The number of likely N-dealkylation sites (N-methyl/N-ethyl adjacent to an activating group) is 1. The first-order valence-electron chi connectivity index (χ1n) is 4.48. The SMILES string of the molecule is CCNCC(=O)NC(CC(N)=O)C(=O)O. The molecule has 0 aliphatic rings. The molecule has 0 aliphatic heterocycles. The third-order valence-corrected chi connectivity index (χ3v) is 1.57. The molecule has 0 fully saturated rings. The Morgan fingerprint density at radius 3 is 2.40 bits per heavy atom. The van der Waals surface area contributed by atoms with Crippen LogP contribution in [0.3, 0.4) is 0 Å². The second-order valence-electron chi connectivity index (χ2n) is 2.91. The molecule has 0 aromatic heterocycles. The first kappa shape index (κ1) is 13.4. The van der Waals surface area contributed by atoms with Crippen LogP contribution in [0.1, 0.15) is 13.3 Å². The van der Waals surface area contributed by atoms with Crippen LogP contribution in [0.15, 0.2) is 0 Å². The Balaban J connectivity index is 4.10. The van der Waals surface area contributed by atoms with Crippen LogP contribution >= 0.6 is 0 Å². The molecule has 1 atom stereocenters. The van der Waals surface area contributed by atoms with Crippen molar-refractivity contribution < 1.29 is 19.5 Å². The number of hydrogen-bond acceptors (Lipinski definition) is 4. The van der Waals surface area contributed by atoms with Gasteiger partial charge in [-0.25, -0.2) is 4.79 Å². The Labute approximate surface area is 87.0 Å². The first-order chi connectivity index (χ1) is 6.97. The lowest BCUT2D eigenvalue weighted by Gasteiger charge is -2.12. The summed E-state index contributed by atoms with van der Waals surface area (Å²) in [5, 5.41) is 13.6. The van der Waals surface area contributed by atoms with Crippen LogP contribution in [0.2, 0.25) is 0 Å². The van der Waals surface area contributed by atoms with Crippen LogP contribution in [-0.2, 0) is 14.4 Å². The Morgan fingerprint density at radius 1 is 1.40 bits per heavy atom. The zero-order valence-corrected chi connectivity index (χ0v) is 8.45. The van der Waals surface area contributed by atoms with Crippen molar-refractivity contribution in [1.29, 1.82) is 0 Å². The van der Waals surface area contributed by atoms with Crippen molar-refractivity contribution in [1.82, 2.24) is 10.6 Å². The second-order valence-corrected chi connectivity index (χ2v) is 2.91. The number of rotatable bonds is 7. The number of carboxylic acid groups (broad SMARTS) is 1. The Bertz CT molecular complexity index is 254. The predicted molar refractivity (Wildman–Crippen MR) is 51.9 cm³/mol. The van der Waals surface area contributed by atoms with Crippen molar-refractivity contribution in [2.24, 2.45) is 5.73 Å². The third kappa shape index (κ3) is 6.44. The average molecular weight is 217 g/mol.